The van der Waals surface area contributed by atoms with E-state index in [0.29, 0.717) is 11.1 Å². The van der Waals surface area contributed by atoms with Crippen molar-refractivity contribution >= 4 is 11.9 Å². The van der Waals surface area contributed by atoms with Crippen LogP contribution in [0.3, 0.4) is 0 Å². The number of amides is 1. The minimum absolute atomic E-state index is 0.349. The highest BCUT2D eigenvalue weighted by Gasteiger charge is 2.31. The van der Waals surface area contributed by atoms with Crippen LogP contribution in [-0.2, 0) is 9.53 Å². The van der Waals surface area contributed by atoms with E-state index in [-0.39, 0.29) is 5.91 Å². The Kier molecular flexibility index (Phi) is 5.27. The molecular weight excluding hydrogens is 282 g/mol. The highest BCUT2D eigenvalue weighted by molar-refractivity contribution is 5.94. The number of carbonyl (C=O) groups is 2. The van der Waals surface area contributed by atoms with Crippen LogP contribution in [-0.4, -0.2) is 30.2 Å². The molecule has 0 aliphatic carbocycles. The molecule has 0 saturated heterocycles. The number of nitrogens with one attached hydrogen (secondary N) is 1. The third kappa shape index (κ3) is 3.71. The van der Waals surface area contributed by atoms with Crippen molar-refractivity contribution < 1.29 is 19.4 Å². The van der Waals surface area contributed by atoms with Crippen molar-refractivity contribution in [2.45, 2.75) is 12.1 Å². The molecule has 0 radical (unpaired) electrons. The Morgan fingerprint density at radius 2 is 1.55 bits per heavy atom. The SMILES string of the molecule is CO[C@@H](C(=O)O)C(NC(=O)c1ccccc1)c1ccccc1. The summed E-state index contributed by atoms with van der Waals surface area (Å²) in [4.78, 5) is 23.7. The Morgan fingerprint density at radius 3 is 2.05 bits per heavy atom. The molecule has 114 valence electrons. The van der Waals surface area contributed by atoms with Crippen LogP contribution < -0.4 is 5.32 Å². The van der Waals surface area contributed by atoms with Gasteiger partial charge in [0.1, 0.15) is 0 Å². The fraction of sp³-hybridized carbons (Fsp3) is 0.176. The van der Waals surface area contributed by atoms with Crippen LogP contribution in [0.4, 0.5) is 0 Å². The maximum absolute atomic E-state index is 12.3. The lowest BCUT2D eigenvalue weighted by molar-refractivity contribution is -0.150. The minimum Gasteiger partial charge on any atom is -0.479 e. The molecule has 2 atom stereocenters. The Morgan fingerprint density at radius 1 is 1.00 bits per heavy atom. The van der Waals surface area contributed by atoms with Gasteiger partial charge >= 0.3 is 5.97 Å². The van der Waals surface area contributed by atoms with E-state index in [2.05, 4.69) is 5.32 Å². The molecular formula is C17H17NO4. The standard InChI is InChI=1S/C17H17NO4/c1-22-15(17(20)21)14(12-8-4-2-5-9-12)18-16(19)13-10-6-3-7-11-13/h2-11,14-15H,1H3,(H,18,19)(H,20,21)/t14?,15-/m1/s1. The first-order valence-electron chi connectivity index (χ1n) is 6.80. The fourth-order valence-corrected chi connectivity index (χ4v) is 2.19. The molecule has 1 unspecified atom stereocenters. The molecule has 1 amide bonds. The Labute approximate surface area is 128 Å². The lowest BCUT2D eigenvalue weighted by Crippen LogP contribution is -2.41. The van der Waals surface area contributed by atoms with Gasteiger partial charge in [0.15, 0.2) is 6.10 Å². The number of carboxylic acids is 1. The molecule has 0 aliphatic heterocycles. The molecule has 0 bridgehead atoms. The molecule has 2 aromatic carbocycles. The molecule has 2 rings (SSSR count). The van der Waals surface area contributed by atoms with E-state index in [1.54, 1.807) is 54.6 Å². The molecule has 0 spiro atoms. The summed E-state index contributed by atoms with van der Waals surface area (Å²) in [6, 6.07) is 16.8. The zero-order valence-electron chi connectivity index (χ0n) is 12.1. The molecule has 0 fully saturated rings. The fourth-order valence-electron chi connectivity index (χ4n) is 2.19. The van der Waals surface area contributed by atoms with Crippen LogP contribution in [0.1, 0.15) is 22.0 Å². The number of carbonyl (C=O) groups excluding carboxylic acids is 1. The predicted molar refractivity (Wildman–Crippen MR) is 81.5 cm³/mol. The Bertz CT molecular complexity index is 628. The first-order chi connectivity index (χ1) is 10.6. The Balaban J connectivity index is 2.29. The van der Waals surface area contributed by atoms with Gasteiger partial charge in [-0.3, -0.25) is 4.79 Å². The van der Waals surface area contributed by atoms with E-state index < -0.39 is 18.1 Å². The highest BCUT2D eigenvalue weighted by atomic mass is 16.5. The minimum atomic E-state index is -1.17. The van der Waals surface area contributed by atoms with Gasteiger partial charge in [-0.05, 0) is 17.7 Å². The van der Waals surface area contributed by atoms with Crippen LogP contribution in [0, 0.1) is 0 Å². The normalized spacial score (nSPS) is 13.1. The summed E-state index contributed by atoms with van der Waals surface area (Å²) >= 11 is 0. The zero-order chi connectivity index (χ0) is 15.9. The second kappa shape index (κ2) is 7.38. The van der Waals surface area contributed by atoms with Crippen molar-refractivity contribution in [2.75, 3.05) is 7.11 Å². The van der Waals surface area contributed by atoms with Crippen molar-refractivity contribution in [3.8, 4) is 0 Å². The summed E-state index contributed by atoms with van der Waals surface area (Å²) in [7, 11) is 1.31. The molecule has 0 aliphatic rings. The van der Waals surface area contributed by atoms with E-state index in [1.807, 2.05) is 6.07 Å². The van der Waals surface area contributed by atoms with Crippen molar-refractivity contribution in [1.82, 2.24) is 5.32 Å². The summed E-state index contributed by atoms with van der Waals surface area (Å²) in [6.45, 7) is 0. The van der Waals surface area contributed by atoms with Crippen molar-refractivity contribution in [3.63, 3.8) is 0 Å². The number of carboxylic acid groups (broad SMARTS) is 1. The average Bonchev–Trinajstić information content (AvgIpc) is 2.55. The number of ether oxygens (including phenoxy) is 1. The predicted octanol–water partition coefficient (Wildman–Crippen LogP) is 2.26. The van der Waals surface area contributed by atoms with Gasteiger partial charge in [-0.25, -0.2) is 4.79 Å². The topological polar surface area (TPSA) is 75.6 Å². The lowest BCUT2D eigenvalue weighted by atomic mass is 10.0. The quantitative estimate of drug-likeness (QED) is 0.858. The molecule has 22 heavy (non-hydrogen) atoms. The number of rotatable bonds is 6. The van der Waals surface area contributed by atoms with Gasteiger partial charge < -0.3 is 15.2 Å². The largest absolute Gasteiger partial charge is 0.479 e. The van der Waals surface area contributed by atoms with Gasteiger partial charge in [0.2, 0.25) is 0 Å². The van der Waals surface area contributed by atoms with Crippen LogP contribution in [0.5, 0.6) is 0 Å². The number of hydrogen-bond acceptors (Lipinski definition) is 3. The van der Waals surface area contributed by atoms with Gasteiger partial charge in [-0.2, -0.15) is 0 Å². The van der Waals surface area contributed by atoms with Gasteiger partial charge in [0.25, 0.3) is 5.91 Å². The third-order valence-corrected chi connectivity index (χ3v) is 3.28. The van der Waals surface area contributed by atoms with Gasteiger partial charge in [0.05, 0.1) is 6.04 Å². The highest BCUT2D eigenvalue weighted by Crippen LogP contribution is 2.20. The van der Waals surface area contributed by atoms with Crippen molar-refractivity contribution in [3.05, 3.63) is 71.8 Å². The number of methoxy groups -OCH3 is 1. The van der Waals surface area contributed by atoms with Crippen LogP contribution in [0.2, 0.25) is 0 Å². The summed E-state index contributed by atoms with van der Waals surface area (Å²) in [5.41, 5.74) is 1.13. The maximum atomic E-state index is 12.3. The van der Waals surface area contributed by atoms with Crippen LogP contribution >= 0.6 is 0 Å². The third-order valence-electron chi connectivity index (χ3n) is 3.28. The molecule has 5 nitrogen and oxygen atoms in total. The number of benzene rings is 2. The molecule has 0 aromatic heterocycles. The molecule has 2 N–H and O–H groups in total. The molecule has 0 heterocycles. The van der Waals surface area contributed by atoms with E-state index in [4.69, 9.17) is 4.74 Å². The summed E-state index contributed by atoms with van der Waals surface area (Å²) in [5.74, 6) is -1.48. The second-order valence-electron chi connectivity index (χ2n) is 4.72. The lowest BCUT2D eigenvalue weighted by Gasteiger charge is -2.24. The van der Waals surface area contributed by atoms with Crippen LogP contribution in [0.25, 0.3) is 0 Å². The number of aliphatic carboxylic acids is 1. The van der Waals surface area contributed by atoms with E-state index in [1.165, 1.54) is 7.11 Å². The first-order valence-corrected chi connectivity index (χ1v) is 6.80. The van der Waals surface area contributed by atoms with E-state index in [0.717, 1.165) is 0 Å². The Hall–Kier alpha value is -2.66. The molecule has 2 aromatic rings. The maximum Gasteiger partial charge on any atom is 0.335 e. The van der Waals surface area contributed by atoms with Gasteiger partial charge in [-0.1, -0.05) is 48.5 Å². The van der Waals surface area contributed by atoms with E-state index in [9.17, 15) is 14.7 Å². The molecule has 5 heteroatoms. The first kappa shape index (κ1) is 15.7. The van der Waals surface area contributed by atoms with Crippen molar-refractivity contribution in [1.29, 1.82) is 0 Å². The summed E-state index contributed by atoms with van der Waals surface area (Å²) in [6.07, 6.45) is -1.17. The number of hydrogen-bond donors (Lipinski definition) is 2. The van der Waals surface area contributed by atoms with Crippen molar-refractivity contribution in [2.24, 2.45) is 0 Å². The van der Waals surface area contributed by atoms with E-state index >= 15 is 0 Å². The molecule has 0 saturated carbocycles. The van der Waals surface area contributed by atoms with Gasteiger partial charge in [0, 0.05) is 12.7 Å². The van der Waals surface area contributed by atoms with Crippen LogP contribution in [0.15, 0.2) is 60.7 Å². The monoisotopic (exact) mass is 299 g/mol. The summed E-state index contributed by atoms with van der Waals surface area (Å²) in [5, 5.41) is 12.0. The zero-order valence-corrected chi connectivity index (χ0v) is 12.1. The smallest absolute Gasteiger partial charge is 0.335 e. The van der Waals surface area contributed by atoms with Gasteiger partial charge in [-0.15, -0.1) is 0 Å². The average molecular weight is 299 g/mol. The second-order valence-corrected chi connectivity index (χ2v) is 4.72. The summed E-state index contributed by atoms with van der Waals surface area (Å²) < 4.78 is 5.05.